The van der Waals surface area contributed by atoms with Crippen molar-refractivity contribution in [3.05, 3.63) is 34.6 Å². The number of esters is 1. The maximum absolute atomic E-state index is 14.0. The Morgan fingerprint density at radius 3 is 1.76 bits per heavy atom. The standard InChI is InChI=1S/C15H16F5NO4/c1-15(2,3)25-14(24)7(5(21)4-6(22)23)8-9(16)11(18)13(20)12(19)10(8)17/h5,7H,4,21H2,1-3H3,(H,22,23)/t5-,7?/m1/s1. The smallest absolute Gasteiger partial charge is 0.315 e. The van der Waals surface area contributed by atoms with Crippen LogP contribution < -0.4 is 5.73 Å². The largest absolute Gasteiger partial charge is 0.481 e. The van der Waals surface area contributed by atoms with Crippen LogP contribution in [0.4, 0.5) is 22.0 Å². The van der Waals surface area contributed by atoms with Crippen molar-refractivity contribution in [2.24, 2.45) is 5.73 Å². The predicted octanol–water partition coefficient (Wildman–Crippen LogP) is 2.61. The van der Waals surface area contributed by atoms with Gasteiger partial charge in [0.2, 0.25) is 5.82 Å². The quantitative estimate of drug-likeness (QED) is 0.360. The van der Waals surface area contributed by atoms with E-state index in [-0.39, 0.29) is 0 Å². The first-order valence-corrected chi connectivity index (χ1v) is 6.99. The van der Waals surface area contributed by atoms with Crippen LogP contribution in [0.1, 0.15) is 38.7 Å². The molecule has 1 aromatic carbocycles. The van der Waals surface area contributed by atoms with Crippen molar-refractivity contribution >= 4 is 11.9 Å². The van der Waals surface area contributed by atoms with E-state index >= 15 is 0 Å². The summed E-state index contributed by atoms with van der Waals surface area (Å²) in [5.41, 5.74) is 2.79. The van der Waals surface area contributed by atoms with E-state index in [9.17, 15) is 31.5 Å². The van der Waals surface area contributed by atoms with Crippen molar-refractivity contribution in [1.82, 2.24) is 0 Å². The first-order chi connectivity index (χ1) is 11.3. The molecule has 0 spiro atoms. The van der Waals surface area contributed by atoms with Crippen LogP contribution in [0.2, 0.25) is 0 Å². The molecule has 0 heterocycles. The van der Waals surface area contributed by atoms with Crippen LogP contribution in [0.5, 0.6) is 0 Å². The number of rotatable bonds is 5. The first-order valence-electron chi connectivity index (χ1n) is 6.99. The Morgan fingerprint density at radius 1 is 1.00 bits per heavy atom. The topological polar surface area (TPSA) is 89.6 Å². The molecule has 10 heteroatoms. The highest BCUT2D eigenvalue weighted by atomic mass is 19.2. The summed E-state index contributed by atoms with van der Waals surface area (Å²) in [7, 11) is 0. The number of nitrogens with two attached hydrogens (primary N) is 1. The van der Waals surface area contributed by atoms with Gasteiger partial charge in [-0.05, 0) is 20.8 Å². The van der Waals surface area contributed by atoms with Crippen LogP contribution in [0.15, 0.2) is 0 Å². The minimum Gasteiger partial charge on any atom is -0.481 e. The van der Waals surface area contributed by atoms with Gasteiger partial charge in [-0.15, -0.1) is 0 Å². The van der Waals surface area contributed by atoms with Gasteiger partial charge in [-0.25, -0.2) is 22.0 Å². The van der Waals surface area contributed by atoms with Crippen LogP contribution in [0.25, 0.3) is 0 Å². The molecule has 3 N–H and O–H groups in total. The summed E-state index contributed by atoms with van der Waals surface area (Å²) >= 11 is 0. The number of halogens is 5. The van der Waals surface area contributed by atoms with Gasteiger partial charge in [-0.3, -0.25) is 9.59 Å². The lowest BCUT2D eigenvalue weighted by Crippen LogP contribution is -2.40. The molecule has 0 bridgehead atoms. The molecule has 2 atom stereocenters. The van der Waals surface area contributed by atoms with Crippen LogP contribution >= 0.6 is 0 Å². The molecular weight excluding hydrogens is 353 g/mol. The summed E-state index contributed by atoms with van der Waals surface area (Å²) in [6.45, 7) is 4.18. The zero-order valence-corrected chi connectivity index (χ0v) is 13.5. The Bertz CT molecular complexity index is 673. The highest BCUT2D eigenvalue weighted by Gasteiger charge is 2.40. The Kier molecular flexibility index (Phi) is 6.11. The van der Waals surface area contributed by atoms with Gasteiger partial charge in [0.1, 0.15) is 11.5 Å². The van der Waals surface area contributed by atoms with Gasteiger partial charge in [0.25, 0.3) is 0 Å². The fourth-order valence-corrected chi connectivity index (χ4v) is 2.09. The van der Waals surface area contributed by atoms with Gasteiger partial charge in [0.15, 0.2) is 23.3 Å². The predicted molar refractivity (Wildman–Crippen MR) is 75.0 cm³/mol. The summed E-state index contributed by atoms with van der Waals surface area (Å²) in [5.74, 6) is -16.7. The average molecular weight is 369 g/mol. The molecule has 5 nitrogen and oxygen atoms in total. The fourth-order valence-electron chi connectivity index (χ4n) is 2.09. The van der Waals surface area contributed by atoms with Crippen molar-refractivity contribution < 1.29 is 41.4 Å². The van der Waals surface area contributed by atoms with E-state index in [4.69, 9.17) is 15.6 Å². The molecular formula is C15H16F5NO4. The number of hydrogen-bond acceptors (Lipinski definition) is 4. The molecule has 0 fully saturated rings. The van der Waals surface area contributed by atoms with E-state index in [1.807, 2.05) is 0 Å². The van der Waals surface area contributed by atoms with E-state index in [1.54, 1.807) is 0 Å². The second-order valence-electron chi connectivity index (χ2n) is 6.26. The Morgan fingerprint density at radius 2 is 1.40 bits per heavy atom. The van der Waals surface area contributed by atoms with E-state index in [2.05, 4.69) is 0 Å². The molecule has 1 unspecified atom stereocenters. The van der Waals surface area contributed by atoms with E-state index in [1.165, 1.54) is 20.8 Å². The van der Waals surface area contributed by atoms with Gasteiger partial charge < -0.3 is 15.6 Å². The maximum Gasteiger partial charge on any atom is 0.315 e. The molecule has 0 saturated carbocycles. The van der Waals surface area contributed by atoms with E-state index in [0.717, 1.165) is 0 Å². The minimum atomic E-state index is -2.41. The number of benzene rings is 1. The number of carboxylic acids is 1. The summed E-state index contributed by atoms with van der Waals surface area (Å²) in [4.78, 5) is 23.0. The van der Waals surface area contributed by atoms with Crippen LogP contribution in [0, 0.1) is 29.1 Å². The third-order valence-electron chi connectivity index (χ3n) is 3.05. The molecule has 0 aromatic heterocycles. The molecule has 140 valence electrons. The lowest BCUT2D eigenvalue weighted by atomic mass is 9.88. The van der Waals surface area contributed by atoms with Crippen LogP contribution in [-0.4, -0.2) is 28.7 Å². The van der Waals surface area contributed by atoms with Crippen molar-refractivity contribution in [1.29, 1.82) is 0 Å². The summed E-state index contributed by atoms with van der Waals surface area (Å²) < 4.78 is 72.9. The number of carbonyl (C=O) groups is 2. The normalized spacial score (nSPS) is 14.1. The van der Waals surface area contributed by atoms with E-state index in [0.29, 0.717) is 0 Å². The Labute approximate surface area is 139 Å². The molecule has 1 aromatic rings. The Balaban J connectivity index is 3.58. The molecule has 0 aliphatic heterocycles. The molecule has 0 amide bonds. The second-order valence-corrected chi connectivity index (χ2v) is 6.26. The van der Waals surface area contributed by atoms with Crippen molar-refractivity contribution in [2.45, 2.75) is 44.8 Å². The van der Waals surface area contributed by atoms with Gasteiger partial charge in [0, 0.05) is 11.6 Å². The monoisotopic (exact) mass is 369 g/mol. The lowest BCUT2D eigenvalue weighted by molar-refractivity contribution is -0.157. The molecule has 0 radical (unpaired) electrons. The number of hydrogen-bond donors (Lipinski definition) is 2. The van der Waals surface area contributed by atoms with Crippen molar-refractivity contribution in [2.75, 3.05) is 0 Å². The molecule has 0 saturated heterocycles. The fraction of sp³-hybridized carbons (Fsp3) is 0.467. The van der Waals surface area contributed by atoms with Gasteiger partial charge in [-0.2, -0.15) is 0 Å². The molecule has 1 rings (SSSR count). The van der Waals surface area contributed by atoms with Crippen LogP contribution in [0.3, 0.4) is 0 Å². The third-order valence-corrected chi connectivity index (χ3v) is 3.05. The Hall–Kier alpha value is -2.23. The second kappa shape index (κ2) is 7.34. The molecule has 25 heavy (non-hydrogen) atoms. The number of carboxylic acid groups (broad SMARTS) is 1. The summed E-state index contributed by atoms with van der Waals surface area (Å²) in [6, 6.07) is -1.79. The summed E-state index contributed by atoms with van der Waals surface area (Å²) in [6.07, 6.45) is -0.969. The first kappa shape index (κ1) is 20.8. The minimum absolute atomic E-state index is 0.969. The SMILES string of the molecule is CC(C)(C)OC(=O)C(c1c(F)c(F)c(F)c(F)c1F)[C@H](N)CC(=O)O. The lowest BCUT2D eigenvalue weighted by Gasteiger charge is -2.27. The van der Waals surface area contributed by atoms with Gasteiger partial charge in [-0.1, -0.05) is 0 Å². The number of aliphatic carboxylic acids is 1. The maximum atomic E-state index is 14.0. The molecule has 0 aliphatic rings. The van der Waals surface area contributed by atoms with Gasteiger partial charge in [0.05, 0.1) is 6.42 Å². The van der Waals surface area contributed by atoms with Crippen molar-refractivity contribution in [3.63, 3.8) is 0 Å². The number of carbonyl (C=O) groups excluding carboxylic acids is 1. The van der Waals surface area contributed by atoms with Crippen LogP contribution in [-0.2, 0) is 14.3 Å². The van der Waals surface area contributed by atoms with Crippen molar-refractivity contribution in [3.8, 4) is 0 Å². The number of ether oxygens (including phenoxy) is 1. The summed E-state index contributed by atoms with van der Waals surface area (Å²) in [5, 5.41) is 8.76. The highest BCUT2D eigenvalue weighted by molar-refractivity contribution is 5.81. The molecule has 0 aliphatic carbocycles. The average Bonchev–Trinajstić information content (AvgIpc) is 2.44. The highest BCUT2D eigenvalue weighted by Crippen LogP contribution is 2.33. The van der Waals surface area contributed by atoms with Gasteiger partial charge >= 0.3 is 11.9 Å². The zero-order valence-electron chi connectivity index (χ0n) is 13.5. The zero-order chi connectivity index (χ0) is 19.7. The third kappa shape index (κ3) is 4.65. The van der Waals surface area contributed by atoms with E-state index < -0.39 is 70.6 Å².